The third-order valence-corrected chi connectivity index (χ3v) is 3.55. The zero-order valence-corrected chi connectivity index (χ0v) is 10.6. The van der Waals surface area contributed by atoms with E-state index in [1.807, 2.05) is 0 Å². The maximum atomic E-state index is 5.70. The van der Waals surface area contributed by atoms with Gasteiger partial charge >= 0.3 is 0 Å². The van der Waals surface area contributed by atoms with Gasteiger partial charge in [-0.05, 0) is 31.6 Å². The van der Waals surface area contributed by atoms with Crippen LogP contribution in [0.5, 0.6) is 0 Å². The Labute approximate surface area is 94.8 Å². The van der Waals surface area contributed by atoms with Gasteiger partial charge in [-0.2, -0.15) is 0 Å². The van der Waals surface area contributed by atoms with Gasteiger partial charge in [-0.15, -0.1) is 0 Å². The minimum atomic E-state index is 0.511. The van der Waals surface area contributed by atoms with Crippen molar-refractivity contribution in [3.8, 4) is 0 Å². The molecule has 1 fully saturated rings. The smallest absolute Gasteiger partial charge is 0.0613 e. The Morgan fingerprint density at radius 2 is 2.13 bits per heavy atom. The van der Waals surface area contributed by atoms with Crippen LogP contribution in [0, 0.1) is 5.92 Å². The standard InChI is InChI=1S/C13H27NO/c1-4-7-12(5-2)14-10-11-8-9-15-13(11)6-3/h11-14H,4-10H2,1-3H3. The molecule has 0 aromatic heterocycles. The van der Waals surface area contributed by atoms with Gasteiger partial charge in [-0.3, -0.25) is 0 Å². The predicted molar refractivity (Wildman–Crippen MR) is 65.1 cm³/mol. The normalized spacial score (nSPS) is 28.2. The second-order valence-electron chi connectivity index (χ2n) is 4.67. The summed E-state index contributed by atoms with van der Waals surface area (Å²) in [4.78, 5) is 0. The van der Waals surface area contributed by atoms with E-state index >= 15 is 0 Å². The summed E-state index contributed by atoms with van der Waals surface area (Å²) in [6, 6.07) is 0.716. The van der Waals surface area contributed by atoms with E-state index in [-0.39, 0.29) is 0 Å². The zero-order chi connectivity index (χ0) is 11.1. The Morgan fingerprint density at radius 3 is 2.73 bits per heavy atom. The van der Waals surface area contributed by atoms with Crippen molar-refractivity contribution in [2.24, 2.45) is 5.92 Å². The zero-order valence-electron chi connectivity index (χ0n) is 10.6. The van der Waals surface area contributed by atoms with Gasteiger partial charge in [0.25, 0.3) is 0 Å². The molecule has 0 radical (unpaired) electrons. The number of hydrogen-bond acceptors (Lipinski definition) is 2. The van der Waals surface area contributed by atoms with Gasteiger partial charge in [0, 0.05) is 19.2 Å². The highest BCUT2D eigenvalue weighted by atomic mass is 16.5. The summed E-state index contributed by atoms with van der Waals surface area (Å²) in [5, 5.41) is 3.70. The lowest BCUT2D eigenvalue weighted by molar-refractivity contribution is 0.0865. The van der Waals surface area contributed by atoms with E-state index in [9.17, 15) is 0 Å². The van der Waals surface area contributed by atoms with Crippen molar-refractivity contribution in [3.05, 3.63) is 0 Å². The highest BCUT2D eigenvalue weighted by Crippen LogP contribution is 2.22. The lowest BCUT2D eigenvalue weighted by Crippen LogP contribution is -2.35. The first-order valence-corrected chi connectivity index (χ1v) is 6.66. The molecule has 0 aromatic carbocycles. The molecule has 2 heteroatoms. The highest BCUT2D eigenvalue weighted by Gasteiger charge is 2.26. The molecule has 1 saturated heterocycles. The van der Waals surface area contributed by atoms with E-state index in [0.29, 0.717) is 12.1 Å². The van der Waals surface area contributed by atoms with Crippen LogP contribution in [0.15, 0.2) is 0 Å². The molecule has 15 heavy (non-hydrogen) atoms. The van der Waals surface area contributed by atoms with Gasteiger partial charge in [0.1, 0.15) is 0 Å². The largest absolute Gasteiger partial charge is 0.378 e. The Balaban J connectivity index is 2.22. The van der Waals surface area contributed by atoms with E-state index in [1.54, 1.807) is 0 Å². The van der Waals surface area contributed by atoms with Gasteiger partial charge < -0.3 is 10.1 Å². The fourth-order valence-electron chi connectivity index (χ4n) is 2.49. The number of ether oxygens (including phenoxy) is 1. The third kappa shape index (κ3) is 4.12. The van der Waals surface area contributed by atoms with Crippen molar-refractivity contribution in [2.45, 2.75) is 65.0 Å². The fourth-order valence-corrected chi connectivity index (χ4v) is 2.49. The second-order valence-corrected chi connectivity index (χ2v) is 4.67. The van der Waals surface area contributed by atoms with Gasteiger partial charge in [0.05, 0.1) is 6.10 Å². The number of nitrogens with one attached hydrogen (secondary N) is 1. The molecule has 0 aromatic rings. The van der Waals surface area contributed by atoms with Crippen LogP contribution in [-0.4, -0.2) is 25.3 Å². The first kappa shape index (κ1) is 13.0. The van der Waals surface area contributed by atoms with Crippen LogP contribution in [-0.2, 0) is 4.74 Å². The maximum absolute atomic E-state index is 5.70. The van der Waals surface area contributed by atoms with E-state index in [4.69, 9.17) is 4.74 Å². The van der Waals surface area contributed by atoms with Crippen molar-refractivity contribution in [2.75, 3.05) is 13.2 Å². The molecule has 0 saturated carbocycles. The Morgan fingerprint density at radius 1 is 1.33 bits per heavy atom. The van der Waals surface area contributed by atoms with Crippen molar-refractivity contribution >= 4 is 0 Å². The molecule has 2 nitrogen and oxygen atoms in total. The second kappa shape index (κ2) is 7.24. The molecule has 0 bridgehead atoms. The number of hydrogen-bond donors (Lipinski definition) is 1. The summed E-state index contributed by atoms with van der Waals surface area (Å²) in [6.07, 6.45) is 6.75. The molecule has 90 valence electrons. The molecule has 0 aliphatic carbocycles. The Bertz CT molecular complexity index is 161. The van der Waals surface area contributed by atoms with Crippen LogP contribution in [0.4, 0.5) is 0 Å². The Hall–Kier alpha value is -0.0800. The molecular formula is C13H27NO. The van der Waals surface area contributed by atoms with Crippen LogP contribution >= 0.6 is 0 Å². The molecule has 1 N–H and O–H groups in total. The SMILES string of the molecule is CCCC(CC)NCC1CCOC1CC. The average Bonchev–Trinajstić information content (AvgIpc) is 2.71. The van der Waals surface area contributed by atoms with Crippen molar-refractivity contribution in [1.29, 1.82) is 0 Å². The van der Waals surface area contributed by atoms with Crippen LogP contribution in [0.2, 0.25) is 0 Å². The highest BCUT2D eigenvalue weighted by molar-refractivity contribution is 4.78. The summed E-state index contributed by atoms with van der Waals surface area (Å²) in [5.41, 5.74) is 0. The summed E-state index contributed by atoms with van der Waals surface area (Å²) < 4.78 is 5.70. The minimum Gasteiger partial charge on any atom is -0.378 e. The van der Waals surface area contributed by atoms with E-state index in [2.05, 4.69) is 26.1 Å². The van der Waals surface area contributed by atoms with Crippen molar-refractivity contribution < 1.29 is 4.74 Å². The van der Waals surface area contributed by atoms with Gasteiger partial charge in [0.15, 0.2) is 0 Å². The van der Waals surface area contributed by atoms with E-state index in [0.717, 1.165) is 25.5 Å². The Kier molecular flexibility index (Phi) is 6.26. The monoisotopic (exact) mass is 213 g/mol. The van der Waals surface area contributed by atoms with Crippen molar-refractivity contribution in [1.82, 2.24) is 5.32 Å². The van der Waals surface area contributed by atoms with Crippen molar-refractivity contribution in [3.63, 3.8) is 0 Å². The first-order chi connectivity index (χ1) is 7.31. The lowest BCUT2D eigenvalue weighted by atomic mass is 9.98. The first-order valence-electron chi connectivity index (χ1n) is 6.66. The summed E-state index contributed by atoms with van der Waals surface area (Å²) in [5.74, 6) is 0.751. The minimum absolute atomic E-state index is 0.511. The molecule has 0 spiro atoms. The molecule has 3 atom stereocenters. The van der Waals surface area contributed by atoms with Crippen LogP contribution in [0.3, 0.4) is 0 Å². The maximum Gasteiger partial charge on any atom is 0.0613 e. The fraction of sp³-hybridized carbons (Fsp3) is 1.00. The topological polar surface area (TPSA) is 21.3 Å². The lowest BCUT2D eigenvalue weighted by Gasteiger charge is -2.22. The third-order valence-electron chi connectivity index (χ3n) is 3.55. The van der Waals surface area contributed by atoms with Crippen LogP contribution in [0.1, 0.15) is 52.9 Å². The van der Waals surface area contributed by atoms with E-state index in [1.165, 1.54) is 25.7 Å². The molecule has 0 amide bonds. The molecule has 1 aliphatic heterocycles. The quantitative estimate of drug-likeness (QED) is 0.702. The molecule has 1 aliphatic rings. The van der Waals surface area contributed by atoms with Crippen LogP contribution in [0.25, 0.3) is 0 Å². The summed E-state index contributed by atoms with van der Waals surface area (Å²) in [7, 11) is 0. The average molecular weight is 213 g/mol. The van der Waals surface area contributed by atoms with E-state index < -0.39 is 0 Å². The predicted octanol–water partition coefficient (Wildman–Crippen LogP) is 2.97. The molecule has 1 heterocycles. The van der Waals surface area contributed by atoms with Crippen LogP contribution < -0.4 is 5.32 Å². The molecule has 3 unspecified atom stereocenters. The van der Waals surface area contributed by atoms with Gasteiger partial charge in [-0.25, -0.2) is 0 Å². The van der Waals surface area contributed by atoms with Gasteiger partial charge in [-0.1, -0.05) is 27.2 Å². The molecule has 1 rings (SSSR count). The van der Waals surface area contributed by atoms with Gasteiger partial charge in [0.2, 0.25) is 0 Å². The molecular weight excluding hydrogens is 186 g/mol. The summed E-state index contributed by atoms with van der Waals surface area (Å²) in [6.45, 7) is 8.88. The summed E-state index contributed by atoms with van der Waals surface area (Å²) >= 11 is 0. The number of rotatable bonds is 7.